The molecule has 2 rings (SSSR count). The Bertz CT molecular complexity index is 576. The molecule has 0 amide bonds. The molecule has 1 fully saturated rings. The predicted octanol–water partition coefficient (Wildman–Crippen LogP) is 0.398. The maximum Gasteiger partial charge on any atom is 0.322 e. The molecule has 116 valence electrons. The normalized spacial score (nSPS) is 20.3. The van der Waals surface area contributed by atoms with Crippen LogP contribution in [0.2, 0.25) is 0 Å². The van der Waals surface area contributed by atoms with Crippen LogP contribution in [0.25, 0.3) is 0 Å². The van der Waals surface area contributed by atoms with Crippen LogP contribution in [-0.4, -0.2) is 47.9 Å². The zero-order valence-electron chi connectivity index (χ0n) is 11.6. The first-order valence-corrected chi connectivity index (χ1v) is 8.33. The van der Waals surface area contributed by atoms with Crippen LogP contribution >= 0.6 is 0 Å². The summed E-state index contributed by atoms with van der Waals surface area (Å²) in [5.74, 6) is -1.09. The Balaban J connectivity index is 1.95. The van der Waals surface area contributed by atoms with Gasteiger partial charge in [-0.25, -0.2) is 4.72 Å². The van der Waals surface area contributed by atoms with Gasteiger partial charge in [-0.2, -0.15) is 12.7 Å². The lowest BCUT2D eigenvalue weighted by molar-refractivity contribution is -0.142. The Kier molecular flexibility index (Phi) is 5.27. The molecule has 1 aromatic heterocycles. The molecule has 0 aliphatic carbocycles. The first-order valence-electron chi connectivity index (χ1n) is 6.89. The van der Waals surface area contributed by atoms with Gasteiger partial charge in [0.25, 0.3) is 10.2 Å². The van der Waals surface area contributed by atoms with Crippen molar-refractivity contribution in [2.45, 2.75) is 31.7 Å². The molecule has 1 aliphatic heterocycles. The molecule has 2 heterocycles. The molecule has 0 saturated carbocycles. The average Bonchev–Trinajstić information content (AvgIpc) is 2.48. The fraction of sp³-hybridized carbons (Fsp3) is 0.538. The summed E-state index contributed by atoms with van der Waals surface area (Å²) in [5.41, 5.74) is 0.973. The molecular formula is C13H19N3O4S. The Labute approximate surface area is 124 Å². The standard InChI is InChI=1S/C13H19N3O4S/c17-13(18)12-3-1-2-10-16(12)21(19,20)15-9-6-11-4-7-14-8-5-11/h4-5,7-8,12,15H,1-3,6,9-10H2,(H,17,18). The zero-order valence-corrected chi connectivity index (χ0v) is 12.4. The molecule has 1 unspecified atom stereocenters. The molecule has 0 aromatic carbocycles. The molecule has 0 radical (unpaired) electrons. The van der Waals surface area contributed by atoms with E-state index in [-0.39, 0.29) is 13.1 Å². The topological polar surface area (TPSA) is 99.6 Å². The van der Waals surface area contributed by atoms with Crippen molar-refractivity contribution in [3.8, 4) is 0 Å². The van der Waals surface area contributed by atoms with E-state index in [9.17, 15) is 13.2 Å². The quantitative estimate of drug-likeness (QED) is 0.792. The van der Waals surface area contributed by atoms with E-state index in [0.29, 0.717) is 19.3 Å². The van der Waals surface area contributed by atoms with Crippen molar-refractivity contribution in [3.05, 3.63) is 30.1 Å². The lowest BCUT2D eigenvalue weighted by Crippen LogP contribution is -2.52. The molecule has 0 spiro atoms. The van der Waals surface area contributed by atoms with Crippen LogP contribution in [0.5, 0.6) is 0 Å². The molecule has 1 saturated heterocycles. The minimum absolute atomic E-state index is 0.231. The third-order valence-electron chi connectivity index (χ3n) is 3.49. The molecular weight excluding hydrogens is 294 g/mol. The van der Waals surface area contributed by atoms with Crippen molar-refractivity contribution in [2.24, 2.45) is 0 Å². The summed E-state index contributed by atoms with van der Waals surface area (Å²) in [6.07, 6.45) is 5.62. The number of aromatic nitrogens is 1. The second kappa shape index (κ2) is 6.97. The molecule has 2 N–H and O–H groups in total. The lowest BCUT2D eigenvalue weighted by atomic mass is 10.1. The molecule has 1 atom stereocenters. The van der Waals surface area contributed by atoms with Crippen LogP contribution in [-0.2, 0) is 21.4 Å². The van der Waals surface area contributed by atoms with Crippen LogP contribution in [0.1, 0.15) is 24.8 Å². The van der Waals surface area contributed by atoms with Gasteiger partial charge in [0.1, 0.15) is 6.04 Å². The largest absolute Gasteiger partial charge is 0.480 e. The summed E-state index contributed by atoms with van der Waals surface area (Å²) >= 11 is 0. The number of nitrogens with one attached hydrogen (secondary N) is 1. The van der Waals surface area contributed by atoms with Crippen molar-refractivity contribution < 1.29 is 18.3 Å². The van der Waals surface area contributed by atoms with E-state index in [2.05, 4.69) is 9.71 Å². The van der Waals surface area contributed by atoms with Crippen molar-refractivity contribution in [3.63, 3.8) is 0 Å². The summed E-state index contributed by atoms with van der Waals surface area (Å²) in [4.78, 5) is 15.1. The Morgan fingerprint density at radius 1 is 1.38 bits per heavy atom. The monoisotopic (exact) mass is 313 g/mol. The fourth-order valence-electron chi connectivity index (χ4n) is 2.40. The number of carboxylic acids is 1. The highest BCUT2D eigenvalue weighted by Crippen LogP contribution is 2.19. The smallest absolute Gasteiger partial charge is 0.322 e. The van der Waals surface area contributed by atoms with E-state index in [0.717, 1.165) is 16.3 Å². The highest BCUT2D eigenvalue weighted by atomic mass is 32.2. The van der Waals surface area contributed by atoms with Crippen molar-refractivity contribution >= 4 is 16.2 Å². The summed E-state index contributed by atoms with van der Waals surface area (Å²) in [5, 5.41) is 9.13. The molecule has 1 aliphatic rings. The van der Waals surface area contributed by atoms with Crippen molar-refractivity contribution in [1.82, 2.24) is 14.0 Å². The SMILES string of the molecule is O=C(O)C1CCCCN1S(=O)(=O)NCCc1ccncc1. The number of carbonyl (C=O) groups is 1. The number of hydrogen-bond donors (Lipinski definition) is 2. The number of aliphatic carboxylic acids is 1. The van der Waals surface area contributed by atoms with Crippen LogP contribution in [0, 0.1) is 0 Å². The minimum atomic E-state index is -3.76. The second-order valence-electron chi connectivity index (χ2n) is 4.97. The van der Waals surface area contributed by atoms with Gasteiger partial charge < -0.3 is 5.11 Å². The van der Waals surface area contributed by atoms with E-state index >= 15 is 0 Å². The van der Waals surface area contributed by atoms with Crippen molar-refractivity contribution in [2.75, 3.05) is 13.1 Å². The zero-order chi connectivity index (χ0) is 15.3. The first-order chi connectivity index (χ1) is 10.0. The first kappa shape index (κ1) is 15.9. The van der Waals surface area contributed by atoms with Gasteiger partial charge in [-0.05, 0) is 43.4 Å². The van der Waals surface area contributed by atoms with Gasteiger partial charge in [-0.15, -0.1) is 0 Å². The van der Waals surface area contributed by atoms with Gasteiger partial charge in [-0.1, -0.05) is 0 Å². The summed E-state index contributed by atoms with van der Waals surface area (Å²) in [6.45, 7) is 0.483. The van der Waals surface area contributed by atoms with Gasteiger partial charge in [0, 0.05) is 25.5 Å². The highest BCUT2D eigenvalue weighted by Gasteiger charge is 2.36. The Morgan fingerprint density at radius 3 is 2.76 bits per heavy atom. The lowest BCUT2D eigenvalue weighted by Gasteiger charge is -2.31. The van der Waals surface area contributed by atoms with E-state index in [1.54, 1.807) is 12.4 Å². The Hall–Kier alpha value is -1.51. The van der Waals surface area contributed by atoms with Crippen LogP contribution < -0.4 is 4.72 Å². The van der Waals surface area contributed by atoms with Gasteiger partial charge in [-0.3, -0.25) is 9.78 Å². The number of rotatable bonds is 6. The predicted molar refractivity (Wildman–Crippen MR) is 76.8 cm³/mol. The van der Waals surface area contributed by atoms with E-state index in [4.69, 9.17) is 5.11 Å². The summed E-state index contributed by atoms with van der Waals surface area (Å²) in [7, 11) is -3.76. The van der Waals surface area contributed by atoms with Crippen LogP contribution in [0.3, 0.4) is 0 Å². The molecule has 21 heavy (non-hydrogen) atoms. The van der Waals surface area contributed by atoms with E-state index in [1.165, 1.54) is 0 Å². The van der Waals surface area contributed by atoms with Crippen molar-refractivity contribution in [1.29, 1.82) is 0 Å². The number of carboxylic acid groups (broad SMARTS) is 1. The average molecular weight is 313 g/mol. The maximum absolute atomic E-state index is 12.2. The Morgan fingerprint density at radius 2 is 2.10 bits per heavy atom. The molecule has 1 aromatic rings. The third-order valence-corrected chi connectivity index (χ3v) is 5.12. The molecule has 0 bridgehead atoms. The fourth-order valence-corrected chi connectivity index (χ4v) is 3.82. The molecule has 7 nitrogen and oxygen atoms in total. The minimum Gasteiger partial charge on any atom is -0.480 e. The van der Waals surface area contributed by atoms with Gasteiger partial charge in [0.15, 0.2) is 0 Å². The third kappa shape index (κ3) is 4.23. The summed E-state index contributed by atoms with van der Waals surface area (Å²) < 4.78 is 28.0. The van der Waals surface area contributed by atoms with E-state index in [1.807, 2.05) is 12.1 Å². The molecule has 8 heteroatoms. The van der Waals surface area contributed by atoms with Crippen LogP contribution in [0.4, 0.5) is 0 Å². The van der Waals surface area contributed by atoms with Gasteiger partial charge in [0.2, 0.25) is 0 Å². The maximum atomic E-state index is 12.2. The van der Waals surface area contributed by atoms with Gasteiger partial charge >= 0.3 is 5.97 Å². The number of pyridine rings is 1. The van der Waals surface area contributed by atoms with E-state index < -0.39 is 22.2 Å². The number of piperidine rings is 1. The number of nitrogens with zero attached hydrogens (tertiary/aromatic N) is 2. The number of hydrogen-bond acceptors (Lipinski definition) is 4. The summed E-state index contributed by atoms with van der Waals surface area (Å²) in [6, 6.07) is 2.67. The highest BCUT2D eigenvalue weighted by molar-refractivity contribution is 7.87. The van der Waals surface area contributed by atoms with Gasteiger partial charge in [0.05, 0.1) is 0 Å². The second-order valence-corrected chi connectivity index (χ2v) is 6.67. The van der Waals surface area contributed by atoms with Crippen LogP contribution in [0.15, 0.2) is 24.5 Å².